The lowest BCUT2D eigenvalue weighted by molar-refractivity contribution is -0.0301. The summed E-state index contributed by atoms with van der Waals surface area (Å²) in [6.45, 7) is 2.69. The number of hydrogen-bond acceptors (Lipinski definition) is 6. The van der Waals surface area contributed by atoms with Gasteiger partial charge in [-0.3, -0.25) is 9.69 Å². The van der Waals surface area contributed by atoms with Gasteiger partial charge in [-0.25, -0.2) is 0 Å². The Balaban J connectivity index is 1.30. The van der Waals surface area contributed by atoms with E-state index in [-0.39, 0.29) is 24.6 Å². The molecule has 1 heterocycles. The van der Waals surface area contributed by atoms with E-state index in [1.807, 2.05) is 18.2 Å². The molecule has 33 heavy (non-hydrogen) atoms. The predicted molar refractivity (Wildman–Crippen MR) is 127 cm³/mol. The van der Waals surface area contributed by atoms with Crippen LogP contribution in [-0.4, -0.2) is 62.8 Å². The van der Waals surface area contributed by atoms with Crippen molar-refractivity contribution in [1.82, 2.24) is 4.90 Å². The van der Waals surface area contributed by atoms with Crippen LogP contribution in [0.5, 0.6) is 11.5 Å². The lowest BCUT2D eigenvalue weighted by Gasteiger charge is -2.37. The van der Waals surface area contributed by atoms with E-state index in [9.17, 15) is 4.79 Å². The highest BCUT2D eigenvalue weighted by Crippen LogP contribution is 2.30. The van der Waals surface area contributed by atoms with Gasteiger partial charge in [0.1, 0.15) is 6.61 Å². The van der Waals surface area contributed by atoms with Crippen molar-refractivity contribution in [1.29, 1.82) is 0 Å². The highest BCUT2D eigenvalue weighted by molar-refractivity contribution is 5.97. The molecule has 0 N–H and O–H groups in total. The minimum atomic E-state index is -0.0363. The number of carbonyl (C=O) groups excluding carboxylic acids is 1. The van der Waals surface area contributed by atoms with E-state index in [1.54, 1.807) is 32.4 Å². The molecule has 3 atom stereocenters. The topological polar surface area (TPSA) is 57.2 Å². The van der Waals surface area contributed by atoms with Crippen LogP contribution in [0.2, 0.25) is 0 Å². The first-order chi connectivity index (χ1) is 16.2. The molecule has 0 radical (unpaired) electrons. The van der Waals surface area contributed by atoms with Crippen molar-refractivity contribution in [2.45, 2.75) is 57.0 Å². The fraction of sp³-hybridized carbons (Fsp3) is 0.519. The van der Waals surface area contributed by atoms with Gasteiger partial charge in [-0.05, 0) is 43.0 Å². The number of benzene rings is 2. The van der Waals surface area contributed by atoms with Crippen molar-refractivity contribution in [3.8, 4) is 11.5 Å². The second-order valence-corrected chi connectivity index (χ2v) is 8.90. The quantitative estimate of drug-likeness (QED) is 0.494. The molecular weight excluding hydrogens is 418 g/mol. The number of likely N-dealkylation sites (tertiary alicyclic amines) is 1. The molecule has 6 nitrogen and oxygen atoms in total. The molecule has 2 aromatic carbocycles. The number of carbonyl (C=O) groups is 1. The Kier molecular flexibility index (Phi) is 8.37. The average Bonchev–Trinajstić information content (AvgIpc) is 3.35. The number of methoxy groups -OCH3 is 2. The predicted octanol–water partition coefficient (Wildman–Crippen LogP) is 4.51. The van der Waals surface area contributed by atoms with Crippen LogP contribution in [0.25, 0.3) is 0 Å². The van der Waals surface area contributed by atoms with Gasteiger partial charge >= 0.3 is 0 Å². The maximum atomic E-state index is 12.8. The number of rotatable bonds is 10. The monoisotopic (exact) mass is 453 g/mol. The molecule has 2 fully saturated rings. The molecule has 0 aromatic heterocycles. The summed E-state index contributed by atoms with van der Waals surface area (Å²) in [7, 11) is 3.16. The molecule has 178 valence electrons. The van der Waals surface area contributed by atoms with Gasteiger partial charge in [-0.1, -0.05) is 43.2 Å². The third kappa shape index (κ3) is 6.14. The van der Waals surface area contributed by atoms with Crippen LogP contribution in [0.3, 0.4) is 0 Å². The molecule has 1 saturated carbocycles. The highest BCUT2D eigenvalue weighted by atomic mass is 16.5. The van der Waals surface area contributed by atoms with Crippen LogP contribution in [0.4, 0.5) is 0 Å². The molecule has 0 spiro atoms. The first kappa shape index (κ1) is 23.7. The van der Waals surface area contributed by atoms with Crippen LogP contribution < -0.4 is 9.47 Å². The van der Waals surface area contributed by atoms with E-state index in [4.69, 9.17) is 18.9 Å². The van der Waals surface area contributed by atoms with Gasteiger partial charge in [0.05, 0.1) is 33.0 Å². The molecule has 1 saturated heterocycles. The van der Waals surface area contributed by atoms with E-state index < -0.39 is 0 Å². The second kappa shape index (κ2) is 11.6. The third-order valence-electron chi connectivity index (χ3n) is 6.78. The average molecular weight is 454 g/mol. The maximum Gasteiger partial charge on any atom is 0.188 e. The zero-order valence-corrected chi connectivity index (χ0v) is 19.7. The van der Waals surface area contributed by atoms with Crippen LogP contribution in [0.15, 0.2) is 48.5 Å². The minimum absolute atomic E-state index is 0.0363. The normalized spacial score (nSPS) is 23.4. The zero-order chi connectivity index (χ0) is 23.0. The maximum absolute atomic E-state index is 12.8. The third-order valence-corrected chi connectivity index (χ3v) is 6.78. The van der Waals surface area contributed by atoms with Crippen molar-refractivity contribution < 1.29 is 23.7 Å². The Hall–Kier alpha value is -2.41. The highest BCUT2D eigenvalue weighted by Gasteiger charge is 2.35. The van der Waals surface area contributed by atoms with Crippen molar-refractivity contribution in [2.24, 2.45) is 0 Å². The van der Waals surface area contributed by atoms with E-state index in [0.29, 0.717) is 29.7 Å². The Bertz CT molecular complexity index is 903. The Morgan fingerprint density at radius 1 is 0.939 bits per heavy atom. The van der Waals surface area contributed by atoms with E-state index in [1.165, 1.54) is 12.0 Å². The first-order valence-electron chi connectivity index (χ1n) is 11.9. The molecule has 1 aliphatic heterocycles. The van der Waals surface area contributed by atoms with Crippen molar-refractivity contribution in [3.05, 3.63) is 59.7 Å². The van der Waals surface area contributed by atoms with Crippen LogP contribution in [-0.2, 0) is 16.1 Å². The summed E-state index contributed by atoms with van der Waals surface area (Å²) in [5.41, 5.74) is 1.79. The van der Waals surface area contributed by atoms with Gasteiger partial charge in [0.15, 0.2) is 17.3 Å². The molecular formula is C27H35NO5. The molecule has 0 amide bonds. The second-order valence-electron chi connectivity index (χ2n) is 8.90. The van der Waals surface area contributed by atoms with Crippen molar-refractivity contribution >= 4 is 5.78 Å². The molecule has 4 rings (SSSR count). The number of hydrogen-bond donors (Lipinski definition) is 0. The van der Waals surface area contributed by atoms with Crippen LogP contribution in [0.1, 0.15) is 48.0 Å². The van der Waals surface area contributed by atoms with Crippen molar-refractivity contribution in [3.63, 3.8) is 0 Å². The smallest absolute Gasteiger partial charge is 0.188 e. The van der Waals surface area contributed by atoms with Gasteiger partial charge in [0, 0.05) is 24.7 Å². The van der Waals surface area contributed by atoms with Gasteiger partial charge in [0.2, 0.25) is 0 Å². The summed E-state index contributed by atoms with van der Waals surface area (Å²) in [5.74, 6) is 1.13. The molecule has 0 unspecified atom stereocenters. The van der Waals surface area contributed by atoms with E-state index in [2.05, 4.69) is 17.0 Å². The van der Waals surface area contributed by atoms with Gasteiger partial charge in [0.25, 0.3) is 0 Å². The molecule has 2 aromatic rings. The molecule has 2 aliphatic rings. The zero-order valence-electron chi connectivity index (χ0n) is 19.7. The summed E-state index contributed by atoms with van der Waals surface area (Å²) in [4.78, 5) is 15.3. The Morgan fingerprint density at radius 2 is 1.73 bits per heavy atom. The van der Waals surface area contributed by atoms with E-state index >= 15 is 0 Å². The Morgan fingerprint density at radius 3 is 2.52 bits per heavy atom. The standard InChI is InChI=1S/C27H35NO5/c1-30-26-13-12-21(16-27(26)31-2)24(29)19-33-25-11-7-6-10-23(25)28-15-14-22(17-28)32-18-20-8-4-3-5-9-20/h3-5,8-9,12-13,16,22-23,25H,6-7,10-11,14-15,17-19H2,1-2H3/t22-,23-,25-/m1/s1. The molecule has 1 aliphatic carbocycles. The lowest BCUT2D eigenvalue weighted by Crippen LogP contribution is -2.46. The lowest BCUT2D eigenvalue weighted by atomic mass is 9.91. The molecule has 6 heteroatoms. The minimum Gasteiger partial charge on any atom is -0.493 e. The van der Waals surface area contributed by atoms with E-state index in [0.717, 1.165) is 38.8 Å². The van der Waals surface area contributed by atoms with Gasteiger partial charge < -0.3 is 18.9 Å². The summed E-state index contributed by atoms with van der Waals surface area (Å²) in [6, 6.07) is 15.9. The largest absolute Gasteiger partial charge is 0.493 e. The van der Waals surface area contributed by atoms with Crippen LogP contribution >= 0.6 is 0 Å². The summed E-state index contributed by atoms with van der Waals surface area (Å²) in [6.07, 6.45) is 5.84. The van der Waals surface area contributed by atoms with Gasteiger partial charge in [-0.2, -0.15) is 0 Å². The summed E-state index contributed by atoms with van der Waals surface area (Å²) in [5, 5.41) is 0. The number of nitrogens with zero attached hydrogens (tertiary/aromatic N) is 1. The Labute approximate surface area is 196 Å². The number of ether oxygens (including phenoxy) is 4. The molecule has 0 bridgehead atoms. The van der Waals surface area contributed by atoms with Crippen LogP contribution in [0, 0.1) is 0 Å². The SMILES string of the molecule is COc1ccc(C(=O)CO[C@@H]2CCCC[C@H]2N2CC[C@@H](OCc3ccccc3)C2)cc1OC. The van der Waals surface area contributed by atoms with Gasteiger partial charge in [-0.15, -0.1) is 0 Å². The summed E-state index contributed by atoms with van der Waals surface area (Å²) >= 11 is 0. The van der Waals surface area contributed by atoms with Crippen molar-refractivity contribution in [2.75, 3.05) is 33.9 Å². The number of Topliss-reactive ketones (excluding diaryl/α,β-unsaturated/α-hetero) is 1. The fourth-order valence-electron chi connectivity index (χ4n) is 4.94. The first-order valence-corrected chi connectivity index (χ1v) is 11.9. The number of ketones is 1. The summed E-state index contributed by atoms with van der Waals surface area (Å²) < 4.78 is 23.0. The fourth-order valence-corrected chi connectivity index (χ4v) is 4.94.